The van der Waals surface area contributed by atoms with E-state index in [4.69, 9.17) is 0 Å². The number of thiophene rings is 1. The molecule has 0 aliphatic rings. The third kappa shape index (κ3) is 3.59. The first-order valence-corrected chi connectivity index (χ1v) is 7.68. The topological polar surface area (TPSA) is 55.4 Å². The third-order valence-electron chi connectivity index (χ3n) is 3.35. The highest BCUT2D eigenvalue weighted by molar-refractivity contribution is 7.15. The highest BCUT2D eigenvalue weighted by atomic mass is 32.1. The zero-order chi connectivity index (χ0) is 18.1. The van der Waals surface area contributed by atoms with Gasteiger partial charge in [-0.05, 0) is 25.0 Å². The van der Waals surface area contributed by atoms with Crippen LogP contribution in [0.15, 0.2) is 23.6 Å². The van der Waals surface area contributed by atoms with Gasteiger partial charge >= 0.3 is 18.1 Å². The standard InChI is InChI=1S/C16H14F3NO3S/c1-8-4-5-9(2)10(6-8)11-7-24-13(12(11)14(21)23-3)20-15(22)16(17,18)19/h4-7H,1-3H3,(H,20,22). The highest BCUT2D eigenvalue weighted by Crippen LogP contribution is 2.38. The minimum atomic E-state index is -5.04. The van der Waals surface area contributed by atoms with Crippen LogP contribution in [0.4, 0.5) is 18.2 Å². The lowest BCUT2D eigenvalue weighted by molar-refractivity contribution is -0.167. The molecule has 0 spiro atoms. The summed E-state index contributed by atoms with van der Waals surface area (Å²) in [6.07, 6.45) is -5.04. The zero-order valence-corrected chi connectivity index (χ0v) is 13.9. The molecular formula is C16H14F3NO3S. The van der Waals surface area contributed by atoms with E-state index in [1.165, 1.54) is 5.38 Å². The van der Waals surface area contributed by atoms with Crippen molar-refractivity contribution in [1.82, 2.24) is 0 Å². The summed E-state index contributed by atoms with van der Waals surface area (Å²) < 4.78 is 42.1. The molecule has 128 valence electrons. The Hall–Kier alpha value is -2.35. The molecule has 0 atom stereocenters. The fourth-order valence-electron chi connectivity index (χ4n) is 2.15. The fourth-order valence-corrected chi connectivity index (χ4v) is 3.10. The van der Waals surface area contributed by atoms with Gasteiger partial charge in [0.15, 0.2) is 0 Å². The maximum Gasteiger partial charge on any atom is 0.471 e. The summed E-state index contributed by atoms with van der Waals surface area (Å²) in [5.41, 5.74) is 2.80. The molecule has 0 fully saturated rings. The van der Waals surface area contributed by atoms with Crippen LogP contribution < -0.4 is 5.32 Å². The van der Waals surface area contributed by atoms with E-state index >= 15 is 0 Å². The van der Waals surface area contributed by atoms with Crippen molar-refractivity contribution < 1.29 is 27.5 Å². The summed E-state index contributed by atoms with van der Waals surface area (Å²) in [4.78, 5) is 23.3. The van der Waals surface area contributed by atoms with Crippen molar-refractivity contribution >= 4 is 28.2 Å². The number of anilines is 1. The number of nitrogens with one attached hydrogen (secondary N) is 1. The van der Waals surface area contributed by atoms with Gasteiger partial charge in [0.1, 0.15) is 10.6 Å². The maximum atomic E-state index is 12.5. The quantitative estimate of drug-likeness (QED) is 0.833. The van der Waals surface area contributed by atoms with E-state index in [1.54, 1.807) is 5.32 Å². The van der Waals surface area contributed by atoms with E-state index in [9.17, 15) is 22.8 Å². The van der Waals surface area contributed by atoms with Gasteiger partial charge in [-0.3, -0.25) is 4.79 Å². The van der Waals surface area contributed by atoms with E-state index < -0.39 is 18.1 Å². The number of halogens is 3. The second kappa shape index (κ2) is 6.64. The SMILES string of the molecule is COC(=O)c1c(-c2cc(C)ccc2C)csc1NC(=O)C(F)(F)F. The summed E-state index contributed by atoms with van der Waals surface area (Å²) in [6, 6.07) is 5.55. The van der Waals surface area contributed by atoms with Gasteiger partial charge in [-0.15, -0.1) is 11.3 Å². The smallest absolute Gasteiger partial charge is 0.465 e. The molecule has 4 nitrogen and oxygen atoms in total. The van der Waals surface area contributed by atoms with Crippen LogP contribution in [0.25, 0.3) is 11.1 Å². The number of hydrogen-bond donors (Lipinski definition) is 1. The molecule has 0 radical (unpaired) electrons. The van der Waals surface area contributed by atoms with Gasteiger partial charge < -0.3 is 10.1 Å². The summed E-state index contributed by atoms with van der Waals surface area (Å²) in [7, 11) is 1.13. The van der Waals surface area contributed by atoms with E-state index in [0.717, 1.165) is 29.6 Å². The van der Waals surface area contributed by atoms with Crippen LogP contribution in [-0.4, -0.2) is 25.2 Å². The number of ether oxygens (including phenoxy) is 1. The van der Waals surface area contributed by atoms with E-state index in [2.05, 4.69) is 4.74 Å². The van der Waals surface area contributed by atoms with Crippen molar-refractivity contribution in [1.29, 1.82) is 0 Å². The van der Waals surface area contributed by atoms with Gasteiger partial charge in [0, 0.05) is 10.9 Å². The van der Waals surface area contributed by atoms with Gasteiger partial charge in [-0.1, -0.05) is 23.8 Å². The van der Waals surface area contributed by atoms with Crippen molar-refractivity contribution in [3.8, 4) is 11.1 Å². The van der Waals surface area contributed by atoms with Crippen molar-refractivity contribution in [2.24, 2.45) is 0 Å². The molecule has 2 aromatic rings. The maximum absolute atomic E-state index is 12.5. The molecule has 1 N–H and O–H groups in total. The van der Waals surface area contributed by atoms with Crippen molar-refractivity contribution in [2.75, 3.05) is 12.4 Å². The Morgan fingerprint density at radius 2 is 1.83 bits per heavy atom. The average Bonchev–Trinajstić information content (AvgIpc) is 2.91. The first-order chi connectivity index (χ1) is 11.1. The normalized spacial score (nSPS) is 11.2. The van der Waals surface area contributed by atoms with Crippen molar-refractivity contribution in [3.63, 3.8) is 0 Å². The number of methoxy groups -OCH3 is 1. The molecule has 1 aromatic heterocycles. The Labute approximate surface area is 140 Å². The lowest BCUT2D eigenvalue weighted by atomic mass is 9.97. The van der Waals surface area contributed by atoms with Crippen LogP contribution in [0.3, 0.4) is 0 Å². The lowest BCUT2D eigenvalue weighted by Gasteiger charge is -2.11. The highest BCUT2D eigenvalue weighted by Gasteiger charge is 2.40. The minimum absolute atomic E-state index is 0.0891. The lowest BCUT2D eigenvalue weighted by Crippen LogP contribution is -2.30. The first kappa shape index (κ1) is 18.0. The molecule has 24 heavy (non-hydrogen) atoms. The Bertz CT molecular complexity index is 796. The molecule has 0 saturated carbocycles. The van der Waals surface area contributed by atoms with E-state index in [0.29, 0.717) is 11.1 Å². The molecule has 0 unspecified atom stereocenters. The number of carbonyl (C=O) groups excluding carboxylic acids is 2. The number of benzene rings is 1. The molecule has 2 rings (SSSR count). The minimum Gasteiger partial charge on any atom is -0.465 e. The van der Waals surface area contributed by atoms with Gasteiger partial charge in [0.25, 0.3) is 0 Å². The molecule has 0 bridgehead atoms. The zero-order valence-electron chi connectivity index (χ0n) is 13.1. The van der Waals surface area contributed by atoms with Gasteiger partial charge in [0.05, 0.1) is 7.11 Å². The molecule has 0 aliphatic heterocycles. The number of esters is 1. The van der Waals surface area contributed by atoms with Crippen LogP contribution in [0, 0.1) is 13.8 Å². The van der Waals surface area contributed by atoms with Crippen LogP contribution >= 0.6 is 11.3 Å². The summed E-state index contributed by atoms with van der Waals surface area (Å²) in [5.74, 6) is -2.95. The number of carbonyl (C=O) groups is 2. The van der Waals surface area contributed by atoms with E-state index in [1.807, 2.05) is 32.0 Å². The fraction of sp³-hybridized carbons (Fsp3) is 0.250. The molecule has 0 saturated heterocycles. The van der Waals surface area contributed by atoms with Crippen LogP contribution in [0.1, 0.15) is 21.5 Å². The Morgan fingerprint density at radius 3 is 2.42 bits per heavy atom. The molecule has 8 heteroatoms. The number of hydrogen-bond acceptors (Lipinski definition) is 4. The number of rotatable bonds is 3. The molecule has 0 aliphatic carbocycles. The summed E-state index contributed by atoms with van der Waals surface area (Å²) in [5, 5.41) is 3.08. The molecule has 1 amide bonds. The number of aryl methyl sites for hydroxylation is 2. The predicted octanol–water partition coefficient (Wildman–Crippen LogP) is 4.32. The first-order valence-electron chi connectivity index (χ1n) is 6.80. The summed E-state index contributed by atoms with van der Waals surface area (Å²) >= 11 is 0.841. The van der Waals surface area contributed by atoms with Crippen LogP contribution in [0.5, 0.6) is 0 Å². The predicted molar refractivity (Wildman–Crippen MR) is 85.3 cm³/mol. The molecule has 1 aromatic carbocycles. The van der Waals surface area contributed by atoms with Crippen LogP contribution in [-0.2, 0) is 9.53 Å². The number of alkyl halides is 3. The van der Waals surface area contributed by atoms with E-state index in [-0.39, 0.29) is 10.6 Å². The van der Waals surface area contributed by atoms with Gasteiger partial charge in [-0.2, -0.15) is 13.2 Å². The summed E-state index contributed by atoms with van der Waals surface area (Å²) in [6.45, 7) is 3.68. The Balaban J connectivity index is 2.56. The molecular weight excluding hydrogens is 343 g/mol. The van der Waals surface area contributed by atoms with Crippen molar-refractivity contribution in [2.45, 2.75) is 20.0 Å². The monoisotopic (exact) mass is 357 g/mol. The van der Waals surface area contributed by atoms with Crippen molar-refractivity contribution in [3.05, 3.63) is 40.3 Å². The third-order valence-corrected chi connectivity index (χ3v) is 4.24. The van der Waals surface area contributed by atoms with Gasteiger partial charge in [0.2, 0.25) is 0 Å². The van der Waals surface area contributed by atoms with Crippen LogP contribution in [0.2, 0.25) is 0 Å². The average molecular weight is 357 g/mol. The second-order valence-corrected chi connectivity index (χ2v) is 5.99. The Morgan fingerprint density at radius 1 is 1.17 bits per heavy atom. The van der Waals surface area contributed by atoms with Gasteiger partial charge in [-0.25, -0.2) is 4.79 Å². The second-order valence-electron chi connectivity index (χ2n) is 5.12. The molecule has 1 heterocycles. The number of amides is 1. The largest absolute Gasteiger partial charge is 0.471 e. The Kier molecular flexibility index (Phi) is 4.98.